The number of nitrogens with zero attached hydrogens (tertiary/aromatic N) is 2. The first-order valence-electron chi connectivity index (χ1n) is 10.7. The second-order valence-corrected chi connectivity index (χ2v) is 7.81. The first-order chi connectivity index (χ1) is 17.1. The maximum absolute atomic E-state index is 13.3. The Kier molecular flexibility index (Phi) is 6.73. The molecule has 2 N–H and O–H groups in total. The van der Waals surface area contributed by atoms with Gasteiger partial charge in [-0.1, -0.05) is 42.5 Å². The van der Waals surface area contributed by atoms with Gasteiger partial charge in [-0.05, 0) is 42.5 Å². The Hall–Kier alpha value is -4.67. The number of urea groups is 1. The summed E-state index contributed by atoms with van der Waals surface area (Å²) < 4.78 is 39.2. The molecule has 0 bridgehead atoms. The Bertz CT molecular complexity index is 1300. The van der Waals surface area contributed by atoms with Crippen molar-refractivity contribution >= 4 is 35.1 Å². The van der Waals surface area contributed by atoms with Crippen LogP contribution in [0.5, 0.6) is 0 Å². The van der Waals surface area contributed by atoms with Gasteiger partial charge in [-0.25, -0.2) is 14.7 Å². The normalized spacial score (nSPS) is 16.0. The molecule has 5 amide bonds. The fourth-order valence-corrected chi connectivity index (χ4v) is 3.63. The summed E-state index contributed by atoms with van der Waals surface area (Å²) in [6.07, 6.45) is -5.16. The minimum Gasteiger partial charge on any atom is -0.324 e. The van der Waals surface area contributed by atoms with E-state index in [4.69, 9.17) is 0 Å². The number of anilines is 2. The van der Waals surface area contributed by atoms with Crippen LogP contribution in [0.4, 0.5) is 29.3 Å². The van der Waals surface area contributed by atoms with Gasteiger partial charge in [0.15, 0.2) is 0 Å². The van der Waals surface area contributed by atoms with Gasteiger partial charge in [-0.2, -0.15) is 13.2 Å². The van der Waals surface area contributed by atoms with Crippen LogP contribution in [0.25, 0.3) is 0 Å². The summed E-state index contributed by atoms with van der Waals surface area (Å²) in [6, 6.07) is 17.2. The van der Waals surface area contributed by atoms with E-state index in [0.29, 0.717) is 5.01 Å². The van der Waals surface area contributed by atoms with E-state index in [9.17, 15) is 32.3 Å². The Balaban J connectivity index is 1.64. The van der Waals surface area contributed by atoms with E-state index in [1.165, 1.54) is 30.3 Å². The molecule has 0 aliphatic carbocycles. The number of amides is 5. The zero-order valence-corrected chi connectivity index (χ0v) is 18.5. The SMILES string of the molecule is O=C(NN1C(=O)N(c2ccccc2)C(=O)CC1C(=O)Nc1cccc(C(F)(F)F)c1)c1ccccc1. The van der Waals surface area contributed by atoms with E-state index in [1.807, 2.05) is 0 Å². The number of hydrogen-bond acceptors (Lipinski definition) is 4. The highest BCUT2D eigenvalue weighted by Gasteiger charge is 2.44. The average molecular weight is 496 g/mol. The summed E-state index contributed by atoms with van der Waals surface area (Å²) >= 11 is 0. The fourth-order valence-electron chi connectivity index (χ4n) is 3.63. The standard InChI is InChI=1S/C25H19F3N4O4/c26-25(27,28)17-10-7-11-18(14-17)29-23(35)20-15-21(33)31(19-12-5-2-6-13-19)24(36)32(20)30-22(34)16-8-3-1-4-9-16/h1-14,20H,15H2,(H,29,35)(H,30,34). The van der Waals surface area contributed by atoms with E-state index < -0.39 is 48.0 Å². The lowest BCUT2D eigenvalue weighted by atomic mass is 10.1. The van der Waals surface area contributed by atoms with Crippen LogP contribution in [0.1, 0.15) is 22.3 Å². The van der Waals surface area contributed by atoms with Crippen LogP contribution in [-0.4, -0.2) is 34.8 Å². The molecular formula is C25H19F3N4O4. The van der Waals surface area contributed by atoms with Crippen molar-refractivity contribution in [3.63, 3.8) is 0 Å². The van der Waals surface area contributed by atoms with Crippen molar-refractivity contribution in [3.05, 3.63) is 96.1 Å². The molecule has 1 unspecified atom stereocenters. The predicted octanol–water partition coefficient (Wildman–Crippen LogP) is 4.22. The maximum atomic E-state index is 13.3. The third-order valence-corrected chi connectivity index (χ3v) is 5.36. The lowest BCUT2D eigenvalue weighted by Gasteiger charge is -2.38. The zero-order chi connectivity index (χ0) is 25.9. The highest BCUT2D eigenvalue weighted by atomic mass is 19.4. The molecule has 3 aromatic carbocycles. The summed E-state index contributed by atoms with van der Waals surface area (Å²) in [5.74, 6) is -2.39. The number of hydrazine groups is 1. The van der Waals surface area contributed by atoms with Crippen molar-refractivity contribution in [2.24, 2.45) is 0 Å². The highest BCUT2D eigenvalue weighted by molar-refractivity contribution is 6.19. The van der Waals surface area contributed by atoms with Gasteiger partial charge in [0.2, 0.25) is 11.8 Å². The molecule has 1 aliphatic heterocycles. The molecule has 3 aromatic rings. The minimum atomic E-state index is -4.64. The number of hydrogen-bond donors (Lipinski definition) is 2. The smallest absolute Gasteiger partial charge is 0.324 e. The largest absolute Gasteiger partial charge is 0.416 e. The Labute approximate surface area is 203 Å². The molecule has 0 saturated carbocycles. The van der Waals surface area contributed by atoms with E-state index in [-0.39, 0.29) is 16.9 Å². The molecule has 4 rings (SSSR count). The van der Waals surface area contributed by atoms with E-state index in [1.54, 1.807) is 36.4 Å². The maximum Gasteiger partial charge on any atom is 0.416 e. The molecule has 36 heavy (non-hydrogen) atoms. The van der Waals surface area contributed by atoms with E-state index >= 15 is 0 Å². The number of para-hydroxylation sites is 1. The van der Waals surface area contributed by atoms with Crippen LogP contribution >= 0.6 is 0 Å². The van der Waals surface area contributed by atoms with Crippen molar-refractivity contribution in [1.29, 1.82) is 0 Å². The van der Waals surface area contributed by atoms with Gasteiger partial charge in [-0.15, -0.1) is 0 Å². The zero-order valence-electron chi connectivity index (χ0n) is 18.5. The van der Waals surface area contributed by atoms with Gasteiger partial charge in [0.25, 0.3) is 5.91 Å². The Morgan fingerprint density at radius 3 is 2.14 bits per heavy atom. The first-order valence-corrected chi connectivity index (χ1v) is 10.7. The van der Waals surface area contributed by atoms with E-state index in [2.05, 4.69) is 10.7 Å². The van der Waals surface area contributed by atoms with Crippen molar-refractivity contribution in [1.82, 2.24) is 10.4 Å². The van der Waals surface area contributed by atoms with Crippen molar-refractivity contribution in [2.75, 3.05) is 10.2 Å². The third-order valence-electron chi connectivity index (χ3n) is 5.36. The fraction of sp³-hybridized carbons (Fsp3) is 0.120. The molecule has 0 radical (unpaired) electrons. The molecule has 1 atom stereocenters. The lowest BCUT2D eigenvalue weighted by Crippen LogP contribution is -2.65. The molecule has 8 nitrogen and oxygen atoms in total. The molecule has 1 heterocycles. The second-order valence-electron chi connectivity index (χ2n) is 7.81. The number of nitrogens with one attached hydrogen (secondary N) is 2. The van der Waals surface area contributed by atoms with Gasteiger partial charge in [-0.3, -0.25) is 19.8 Å². The molecule has 184 valence electrons. The summed E-state index contributed by atoms with van der Waals surface area (Å²) in [4.78, 5) is 52.9. The molecule has 1 fully saturated rings. The Morgan fingerprint density at radius 2 is 1.50 bits per heavy atom. The first kappa shape index (κ1) is 24.5. The molecule has 0 spiro atoms. The van der Waals surface area contributed by atoms with Gasteiger partial charge in [0.1, 0.15) is 6.04 Å². The molecule has 0 aromatic heterocycles. The molecule has 1 aliphatic rings. The van der Waals surface area contributed by atoms with Gasteiger partial charge >= 0.3 is 12.2 Å². The molecular weight excluding hydrogens is 477 g/mol. The molecule has 11 heteroatoms. The van der Waals surface area contributed by atoms with Crippen molar-refractivity contribution < 1.29 is 32.3 Å². The summed E-state index contributed by atoms with van der Waals surface area (Å²) in [6.45, 7) is 0. The number of halogens is 3. The number of carbonyl (C=O) groups is 4. The van der Waals surface area contributed by atoms with Crippen LogP contribution in [0.2, 0.25) is 0 Å². The highest BCUT2D eigenvalue weighted by Crippen LogP contribution is 2.31. The number of imide groups is 1. The Morgan fingerprint density at radius 1 is 0.861 bits per heavy atom. The number of rotatable bonds is 5. The number of alkyl halides is 3. The minimum absolute atomic E-state index is 0.186. The second kappa shape index (κ2) is 9.90. The molecule has 1 saturated heterocycles. The van der Waals surface area contributed by atoms with Crippen molar-refractivity contribution in [3.8, 4) is 0 Å². The van der Waals surface area contributed by atoms with Crippen molar-refractivity contribution in [2.45, 2.75) is 18.6 Å². The average Bonchev–Trinajstić information content (AvgIpc) is 2.86. The quantitative estimate of drug-likeness (QED) is 0.553. The lowest BCUT2D eigenvalue weighted by molar-refractivity contribution is -0.137. The predicted molar refractivity (Wildman–Crippen MR) is 124 cm³/mol. The van der Waals surface area contributed by atoms with Crippen LogP contribution in [0, 0.1) is 0 Å². The summed E-state index contributed by atoms with van der Waals surface area (Å²) in [5.41, 5.74) is 1.61. The summed E-state index contributed by atoms with van der Waals surface area (Å²) in [7, 11) is 0. The van der Waals surface area contributed by atoms with Crippen LogP contribution in [-0.2, 0) is 15.8 Å². The van der Waals surface area contributed by atoms with Crippen LogP contribution in [0.3, 0.4) is 0 Å². The van der Waals surface area contributed by atoms with Gasteiger partial charge in [0.05, 0.1) is 17.7 Å². The van der Waals surface area contributed by atoms with E-state index in [0.717, 1.165) is 23.1 Å². The topological polar surface area (TPSA) is 98.8 Å². The van der Waals surface area contributed by atoms with Gasteiger partial charge in [0, 0.05) is 11.3 Å². The third kappa shape index (κ3) is 5.19. The van der Waals surface area contributed by atoms with Gasteiger partial charge < -0.3 is 5.32 Å². The number of benzene rings is 3. The monoisotopic (exact) mass is 496 g/mol. The van der Waals surface area contributed by atoms with Crippen LogP contribution in [0.15, 0.2) is 84.9 Å². The van der Waals surface area contributed by atoms with Crippen LogP contribution < -0.4 is 15.6 Å². The summed E-state index contributed by atoms with van der Waals surface area (Å²) in [5, 5.41) is 3.02. The number of carbonyl (C=O) groups excluding carboxylic acids is 4.